The van der Waals surface area contributed by atoms with Gasteiger partial charge in [0.2, 0.25) is 0 Å². The summed E-state index contributed by atoms with van der Waals surface area (Å²) in [6.07, 6.45) is 4.25. The van der Waals surface area contributed by atoms with E-state index < -0.39 is 0 Å². The van der Waals surface area contributed by atoms with Crippen LogP contribution in [0, 0.1) is 5.41 Å². The van der Waals surface area contributed by atoms with E-state index in [1.165, 1.54) is 101 Å². The Morgan fingerprint density at radius 3 is 1.36 bits per heavy atom. The first kappa shape index (κ1) is 59.1. The van der Waals surface area contributed by atoms with Crippen molar-refractivity contribution in [3.63, 3.8) is 0 Å². The van der Waals surface area contributed by atoms with Crippen LogP contribution in [0.3, 0.4) is 0 Å². The molecule has 10 aromatic rings. The van der Waals surface area contributed by atoms with Gasteiger partial charge in [0.1, 0.15) is 0 Å². The Balaban J connectivity index is 1.14. The number of anilines is 12. The van der Waals surface area contributed by atoms with Gasteiger partial charge in [0.25, 0.3) is 6.71 Å². The fourth-order valence-electron chi connectivity index (χ4n) is 15.4. The summed E-state index contributed by atoms with van der Waals surface area (Å²) >= 11 is 0. The lowest BCUT2D eigenvalue weighted by Gasteiger charge is -2.48. The van der Waals surface area contributed by atoms with Crippen molar-refractivity contribution in [2.45, 2.75) is 157 Å². The van der Waals surface area contributed by atoms with Crippen molar-refractivity contribution in [2.75, 3.05) is 19.6 Å². The van der Waals surface area contributed by atoms with Gasteiger partial charge in [0.05, 0.1) is 11.4 Å². The summed E-state index contributed by atoms with van der Waals surface area (Å²) < 4.78 is 0. The van der Waals surface area contributed by atoms with E-state index in [0.29, 0.717) is 0 Å². The zero-order valence-electron chi connectivity index (χ0n) is 56.0. The van der Waals surface area contributed by atoms with E-state index in [-0.39, 0.29) is 39.2 Å². The number of nitrogens with zero attached hydrogens (tertiary/aromatic N) is 4. The van der Waals surface area contributed by atoms with Gasteiger partial charge < -0.3 is 19.6 Å². The van der Waals surface area contributed by atoms with E-state index in [1.807, 2.05) is 0 Å². The molecule has 0 aromatic heterocycles. The van der Waals surface area contributed by atoms with Crippen molar-refractivity contribution in [1.29, 1.82) is 0 Å². The molecule has 14 rings (SSSR count). The van der Waals surface area contributed by atoms with Crippen LogP contribution in [-0.4, -0.2) is 6.71 Å². The Labute approximate surface area is 538 Å². The third kappa shape index (κ3) is 10.3. The largest absolute Gasteiger partial charge is 0.311 e. The van der Waals surface area contributed by atoms with E-state index in [2.05, 4.69) is 342 Å². The first-order valence-corrected chi connectivity index (χ1v) is 33.1. The van der Waals surface area contributed by atoms with E-state index >= 15 is 0 Å². The molecule has 5 heteroatoms. The zero-order chi connectivity index (χ0) is 63.0. The molecule has 0 spiro atoms. The number of rotatable bonds is 9. The van der Waals surface area contributed by atoms with Crippen LogP contribution in [0.15, 0.2) is 218 Å². The predicted octanol–water partition coefficient (Wildman–Crippen LogP) is 21.7. The van der Waals surface area contributed by atoms with Gasteiger partial charge >= 0.3 is 0 Å². The lowest BCUT2D eigenvalue weighted by molar-refractivity contribution is 0.332. The zero-order valence-corrected chi connectivity index (χ0v) is 56.0. The fourth-order valence-corrected chi connectivity index (χ4v) is 15.4. The van der Waals surface area contributed by atoms with E-state index in [1.54, 1.807) is 0 Å². The van der Waals surface area contributed by atoms with Crippen molar-refractivity contribution >= 4 is 91.3 Å². The van der Waals surface area contributed by atoms with Crippen molar-refractivity contribution in [3.05, 3.63) is 257 Å². The standard InChI is InChI=1S/C85H89BN4/c1-80(2,3)58-34-39-63(40-35-58)87(64-41-36-59(37-42-64)81(4,5)6)65-43-44-71-75(49-65)89(73-33-25-28-57-54-83(10,11)55-68(57)73)77-50-66(88(61-29-21-17-22-30-61)62-31-23-18-24-32-62)51-78-79(77)86(71)72-52-69-70(85(14,15)47-46-84(69,12)13)53-76(72)90(78)74-45-38-60(82(7,8)9)48-67(74)56-26-19-16-20-27-56/h16-45,48-53H,46-47,54-55H2,1-15H3. The van der Waals surface area contributed by atoms with E-state index in [9.17, 15) is 0 Å². The molecule has 4 aliphatic rings. The highest BCUT2D eigenvalue weighted by molar-refractivity contribution is 7.00. The van der Waals surface area contributed by atoms with Gasteiger partial charge in [0.15, 0.2) is 0 Å². The second-order valence-electron chi connectivity index (χ2n) is 31.7. The van der Waals surface area contributed by atoms with Crippen LogP contribution >= 0.6 is 0 Å². The lowest BCUT2D eigenvalue weighted by atomic mass is 9.33. The number of hydrogen-bond donors (Lipinski definition) is 0. The molecule has 4 nitrogen and oxygen atoms in total. The molecule has 2 aliphatic carbocycles. The summed E-state index contributed by atoms with van der Waals surface area (Å²) in [5.41, 5.74) is 30.0. The molecule has 0 unspecified atom stereocenters. The van der Waals surface area contributed by atoms with Crippen molar-refractivity contribution < 1.29 is 0 Å². The first-order chi connectivity index (χ1) is 42.7. The van der Waals surface area contributed by atoms with Crippen LogP contribution in [0.1, 0.15) is 156 Å². The maximum Gasteiger partial charge on any atom is 0.252 e. The molecule has 2 heterocycles. The topological polar surface area (TPSA) is 13.0 Å². The normalized spacial score (nSPS) is 16.0. The van der Waals surface area contributed by atoms with Gasteiger partial charge in [-0.25, -0.2) is 0 Å². The molecule has 90 heavy (non-hydrogen) atoms. The Bertz CT molecular complexity index is 4290. The Kier molecular flexibility index (Phi) is 14.0. The average Bonchev–Trinajstić information content (AvgIpc) is 0.720. The smallest absolute Gasteiger partial charge is 0.252 e. The summed E-state index contributed by atoms with van der Waals surface area (Å²) in [7, 11) is 0. The SMILES string of the molecule is CC1(C)Cc2cccc(N3c4cc(N(c5ccc(C(C)(C)C)cc5)c5ccc(C(C)(C)C)cc5)ccc4B4c5cc6c(cc5N(c5ccc(C(C)(C)C)cc5-c5ccccc5)c5cc(N(c7ccccc7)c7ccccc7)cc3c54)C(C)(C)CCC6(C)C)c2C1. The summed E-state index contributed by atoms with van der Waals surface area (Å²) in [5, 5.41) is 0. The minimum atomic E-state index is -0.128. The van der Waals surface area contributed by atoms with Gasteiger partial charge in [-0.05, 0) is 216 Å². The quantitative estimate of drug-likeness (QED) is 0.134. The minimum Gasteiger partial charge on any atom is -0.311 e. The molecule has 0 bridgehead atoms. The molecule has 0 saturated carbocycles. The van der Waals surface area contributed by atoms with Crippen molar-refractivity contribution in [1.82, 2.24) is 0 Å². The van der Waals surface area contributed by atoms with Crippen LogP contribution in [0.2, 0.25) is 0 Å². The number of benzene rings is 10. The number of para-hydroxylation sites is 2. The molecular weight excluding hydrogens is 1090 g/mol. The molecule has 452 valence electrons. The van der Waals surface area contributed by atoms with E-state index in [4.69, 9.17) is 0 Å². The summed E-state index contributed by atoms with van der Waals surface area (Å²) in [6.45, 7) is 35.6. The lowest BCUT2D eigenvalue weighted by Crippen LogP contribution is -2.62. The van der Waals surface area contributed by atoms with Crippen LogP contribution in [-0.2, 0) is 39.9 Å². The molecule has 0 radical (unpaired) electrons. The number of fused-ring (bicyclic) bond motifs is 6. The second kappa shape index (κ2) is 21.3. The van der Waals surface area contributed by atoms with Crippen molar-refractivity contribution in [2.24, 2.45) is 5.41 Å². The van der Waals surface area contributed by atoms with Gasteiger partial charge in [-0.1, -0.05) is 225 Å². The number of hydrogen-bond acceptors (Lipinski definition) is 4. The molecule has 0 N–H and O–H groups in total. The first-order valence-electron chi connectivity index (χ1n) is 33.1. The molecule has 0 amide bonds. The van der Waals surface area contributed by atoms with Gasteiger partial charge in [-0.15, -0.1) is 0 Å². The molecule has 0 atom stereocenters. The summed E-state index contributed by atoms with van der Waals surface area (Å²) in [4.78, 5) is 10.4. The van der Waals surface area contributed by atoms with Crippen LogP contribution in [0.4, 0.5) is 68.2 Å². The van der Waals surface area contributed by atoms with Gasteiger partial charge in [0, 0.05) is 62.4 Å². The minimum absolute atomic E-state index is 0.00528. The third-order valence-corrected chi connectivity index (χ3v) is 20.5. The predicted molar refractivity (Wildman–Crippen MR) is 388 cm³/mol. The summed E-state index contributed by atoms with van der Waals surface area (Å²) in [5.74, 6) is 0. The molecule has 0 fully saturated rings. The van der Waals surface area contributed by atoms with Crippen LogP contribution in [0.25, 0.3) is 11.1 Å². The Morgan fingerprint density at radius 2 is 0.811 bits per heavy atom. The van der Waals surface area contributed by atoms with Crippen LogP contribution < -0.4 is 36.0 Å². The fraction of sp³-hybridized carbons (Fsp3) is 0.294. The molecule has 0 saturated heterocycles. The highest BCUT2D eigenvalue weighted by Crippen LogP contribution is 2.55. The Morgan fingerprint density at radius 1 is 0.356 bits per heavy atom. The second-order valence-corrected chi connectivity index (χ2v) is 31.7. The van der Waals surface area contributed by atoms with Gasteiger partial charge in [-0.3, -0.25) is 0 Å². The molecular formula is C85H89BN4. The molecule has 2 aliphatic heterocycles. The Hall–Kier alpha value is -8.54. The molecule has 10 aromatic carbocycles. The van der Waals surface area contributed by atoms with Crippen molar-refractivity contribution in [3.8, 4) is 11.1 Å². The maximum atomic E-state index is 2.73. The maximum absolute atomic E-state index is 2.73. The summed E-state index contributed by atoms with van der Waals surface area (Å²) in [6, 6.07) is 84.5. The monoisotopic (exact) mass is 1180 g/mol. The highest BCUT2D eigenvalue weighted by atomic mass is 15.2. The van der Waals surface area contributed by atoms with Gasteiger partial charge in [-0.2, -0.15) is 0 Å². The average molecular weight is 1180 g/mol. The third-order valence-electron chi connectivity index (χ3n) is 20.5. The van der Waals surface area contributed by atoms with E-state index in [0.717, 1.165) is 59.8 Å². The highest BCUT2D eigenvalue weighted by Gasteiger charge is 2.48. The van der Waals surface area contributed by atoms with Crippen LogP contribution in [0.5, 0.6) is 0 Å².